The molecule has 0 bridgehead atoms. The van der Waals surface area contributed by atoms with E-state index in [-0.39, 0.29) is 12.2 Å². The first-order chi connectivity index (χ1) is 15.2. The van der Waals surface area contributed by atoms with Crippen LogP contribution in [0.1, 0.15) is 18.1 Å². The van der Waals surface area contributed by atoms with Crippen molar-refractivity contribution in [3.8, 4) is 17.2 Å². The van der Waals surface area contributed by atoms with Gasteiger partial charge in [0.1, 0.15) is 17.2 Å². The molecule has 3 aromatic carbocycles. The van der Waals surface area contributed by atoms with Crippen LogP contribution in [0.4, 0.5) is 13.2 Å². The summed E-state index contributed by atoms with van der Waals surface area (Å²) in [6.45, 7) is 1.38. The Morgan fingerprint density at radius 1 is 0.844 bits per heavy atom. The highest BCUT2D eigenvalue weighted by atomic mass is 35.5. The van der Waals surface area contributed by atoms with Gasteiger partial charge in [-0.15, -0.1) is 11.6 Å². The molecule has 0 amide bonds. The maximum atomic E-state index is 13.8. The molecule has 32 heavy (non-hydrogen) atoms. The van der Waals surface area contributed by atoms with Crippen LogP contribution in [-0.4, -0.2) is 19.4 Å². The Morgan fingerprint density at radius 3 is 2.12 bits per heavy atom. The molecule has 0 spiro atoms. The Bertz CT molecular complexity index is 1010. The predicted octanol–water partition coefficient (Wildman–Crippen LogP) is 7.74. The standard InChI is InChI=1S/C24H21Cl2F3O3/c1-2-31-20-10-6-18(7-11-20)23(26,24(27,28)29)16-30-15-17-4-3-5-22(14-17)32-21-12-8-19(25)9-13-21/h3-14H,2,15-16H2,1H3. The molecule has 0 aliphatic carbocycles. The summed E-state index contributed by atoms with van der Waals surface area (Å²) >= 11 is 11.9. The third-order valence-corrected chi connectivity index (χ3v) is 5.38. The van der Waals surface area contributed by atoms with Crippen molar-refractivity contribution in [2.45, 2.75) is 24.6 Å². The molecular weight excluding hydrogens is 464 g/mol. The molecule has 0 N–H and O–H groups in total. The molecule has 0 aliphatic rings. The van der Waals surface area contributed by atoms with Gasteiger partial charge in [-0.25, -0.2) is 0 Å². The van der Waals surface area contributed by atoms with Crippen LogP contribution in [0.3, 0.4) is 0 Å². The molecule has 3 nitrogen and oxygen atoms in total. The summed E-state index contributed by atoms with van der Waals surface area (Å²) in [6, 6.07) is 19.2. The molecular formula is C24H21Cl2F3O3. The van der Waals surface area contributed by atoms with Crippen molar-refractivity contribution in [2.24, 2.45) is 0 Å². The zero-order valence-corrected chi connectivity index (χ0v) is 18.7. The Kier molecular flexibility index (Phi) is 7.93. The van der Waals surface area contributed by atoms with Crippen LogP contribution in [0.15, 0.2) is 72.8 Å². The zero-order valence-electron chi connectivity index (χ0n) is 17.2. The average Bonchev–Trinajstić information content (AvgIpc) is 2.75. The molecule has 0 aliphatic heterocycles. The summed E-state index contributed by atoms with van der Waals surface area (Å²) in [4.78, 5) is -2.69. The maximum absolute atomic E-state index is 13.8. The number of rotatable bonds is 9. The van der Waals surface area contributed by atoms with E-state index >= 15 is 0 Å². The molecule has 8 heteroatoms. The lowest BCUT2D eigenvalue weighted by atomic mass is 9.98. The van der Waals surface area contributed by atoms with Crippen LogP contribution in [0.25, 0.3) is 0 Å². The van der Waals surface area contributed by atoms with Gasteiger partial charge in [0, 0.05) is 5.02 Å². The highest BCUT2D eigenvalue weighted by molar-refractivity contribution is 6.30. The third-order valence-electron chi connectivity index (χ3n) is 4.59. The molecule has 170 valence electrons. The fraction of sp³-hybridized carbons (Fsp3) is 0.250. The van der Waals surface area contributed by atoms with E-state index in [2.05, 4.69) is 0 Å². The number of hydrogen-bond donors (Lipinski definition) is 0. The molecule has 3 rings (SSSR count). The van der Waals surface area contributed by atoms with E-state index in [0.717, 1.165) is 0 Å². The van der Waals surface area contributed by atoms with Gasteiger partial charge < -0.3 is 14.2 Å². The molecule has 0 fully saturated rings. The monoisotopic (exact) mass is 484 g/mol. The number of halogens is 5. The molecule has 0 saturated carbocycles. The van der Waals surface area contributed by atoms with Crippen LogP contribution in [0.5, 0.6) is 17.2 Å². The first-order valence-electron chi connectivity index (χ1n) is 9.80. The minimum atomic E-state index is -4.72. The van der Waals surface area contributed by atoms with Gasteiger partial charge in [0.25, 0.3) is 0 Å². The molecule has 0 heterocycles. The fourth-order valence-electron chi connectivity index (χ4n) is 2.96. The number of hydrogen-bond acceptors (Lipinski definition) is 3. The van der Waals surface area contributed by atoms with E-state index in [1.165, 1.54) is 24.3 Å². The minimum Gasteiger partial charge on any atom is -0.494 e. The van der Waals surface area contributed by atoms with Gasteiger partial charge >= 0.3 is 6.18 Å². The molecule has 0 radical (unpaired) electrons. The summed E-state index contributed by atoms with van der Waals surface area (Å²) in [5.41, 5.74) is 0.527. The Labute approximate surface area is 194 Å². The molecule has 0 saturated heterocycles. The van der Waals surface area contributed by atoms with Crippen LogP contribution in [-0.2, 0) is 16.2 Å². The normalized spacial score (nSPS) is 13.4. The van der Waals surface area contributed by atoms with Gasteiger partial charge in [-0.1, -0.05) is 35.9 Å². The minimum absolute atomic E-state index is 0.0700. The van der Waals surface area contributed by atoms with Crippen LogP contribution in [0.2, 0.25) is 5.02 Å². The van der Waals surface area contributed by atoms with Crippen molar-refractivity contribution in [1.82, 2.24) is 0 Å². The predicted molar refractivity (Wildman–Crippen MR) is 119 cm³/mol. The van der Waals surface area contributed by atoms with Gasteiger partial charge in [-0.05, 0) is 66.6 Å². The lowest BCUT2D eigenvalue weighted by Gasteiger charge is -2.30. The lowest BCUT2D eigenvalue weighted by Crippen LogP contribution is -2.41. The lowest BCUT2D eigenvalue weighted by molar-refractivity contribution is -0.179. The average molecular weight is 485 g/mol. The van der Waals surface area contributed by atoms with Crippen LogP contribution in [0, 0.1) is 0 Å². The van der Waals surface area contributed by atoms with E-state index in [9.17, 15) is 13.2 Å². The number of benzene rings is 3. The first kappa shape index (κ1) is 24.2. The Balaban J connectivity index is 1.67. The van der Waals surface area contributed by atoms with Gasteiger partial charge in [-0.2, -0.15) is 13.2 Å². The second kappa shape index (κ2) is 10.5. The third kappa shape index (κ3) is 6.09. The van der Waals surface area contributed by atoms with Crippen molar-refractivity contribution in [1.29, 1.82) is 0 Å². The van der Waals surface area contributed by atoms with Gasteiger partial charge in [0.05, 0.1) is 19.8 Å². The van der Waals surface area contributed by atoms with E-state index in [0.29, 0.717) is 34.4 Å². The Hall–Kier alpha value is -2.41. The van der Waals surface area contributed by atoms with Crippen LogP contribution < -0.4 is 9.47 Å². The summed E-state index contributed by atoms with van der Waals surface area (Å²) < 4.78 is 57.9. The maximum Gasteiger partial charge on any atom is 0.413 e. The summed E-state index contributed by atoms with van der Waals surface area (Å²) in [5.74, 6) is 1.57. The molecule has 0 aromatic heterocycles. The van der Waals surface area contributed by atoms with E-state index in [1.54, 1.807) is 55.5 Å². The quantitative estimate of drug-likeness (QED) is 0.290. The molecule has 3 aromatic rings. The number of alkyl halides is 4. The van der Waals surface area contributed by atoms with Crippen molar-refractivity contribution < 1.29 is 27.4 Å². The van der Waals surface area contributed by atoms with E-state index < -0.39 is 17.7 Å². The highest BCUT2D eigenvalue weighted by Crippen LogP contribution is 2.45. The van der Waals surface area contributed by atoms with Gasteiger partial charge in [0.2, 0.25) is 0 Å². The SMILES string of the molecule is CCOc1ccc(C(Cl)(COCc2cccc(Oc3ccc(Cl)cc3)c2)C(F)(F)F)cc1. The van der Waals surface area contributed by atoms with Crippen molar-refractivity contribution >= 4 is 23.2 Å². The Morgan fingerprint density at radius 2 is 1.50 bits per heavy atom. The molecule has 1 atom stereocenters. The van der Waals surface area contributed by atoms with Gasteiger partial charge in [-0.3, -0.25) is 0 Å². The largest absolute Gasteiger partial charge is 0.494 e. The second-order valence-corrected chi connectivity index (χ2v) is 8.03. The molecule has 1 unspecified atom stereocenters. The fourth-order valence-corrected chi connectivity index (χ4v) is 3.29. The summed E-state index contributed by atoms with van der Waals surface area (Å²) in [7, 11) is 0. The van der Waals surface area contributed by atoms with Crippen molar-refractivity contribution in [3.05, 3.63) is 88.9 Å². The van der Waals surface area contributed by atoms with Crippen LogP contribution >= 0.6 is 23.2 Å². The van der Waals surface area contributed by atoms with Crippen molar-refractivity contribution in [2.75, 3.05) is 13.2 Å². The second-order valence-electron chi connectivity index (χ2n) is 6.95. The van der Waals surface area contributed by atoms with E-state index in [4.69, 9.17) is 37.4 Å². The summed E-state index contributed by atoms with van der Waals surface area (Å²) in [6.07, 6.45) is -4.72. The topological polar surface area (TPSA) is 27.7 Å². The number of ether oxygens (including phenoxy) is 3. The van der Waals surface area contributed by atoms with Gasteiger partial charge in [0.15, 0.2) is 4.87 Å². The zero-order chi connectivity index (χ0) is 23.2. The highest BCUT2D eigenvalue weighted by Gasteiger charge is 2.55. The smallest absolute Gasteiger partial charge is 0.413 e. The van der Waals surface area contributed by atoms with E-state index in [1.807, 2.05) is 0 Å². The van der Waals surface area contributed by atoms with Crippen molar-refractivity contribution in [3.63, 3.8) is 0 Å². The summed E-state index contributed by atoms with van der Waals surface area (Å²) in [5, 5.41) is 0.584. The first-order valence-corrected chi connectivity index (χ1v) is 10.6.